The molecule has 0 saturated carbocycles. The monoisotopic (exact) mass is 236 g/mol. The summed E-state index contributed by atoms with van der Waals surface area (Å²) in [6.07, 6.45) is 3.08. The van der Waals surface area contributed by atoms with Crippen molar-refractivity contribution in [3.05, 3.63) is 73.3 Å². The highest BCUT2D eigenvalue weighted by Crippen LogP contribution is 2.32. The molecule has 1 aromatic heterocycles. The van der Waals surface area contributed by atoms with Gasteiger partial charge in [-0.1, -0.05) is 36.4 Å². The van der Waals surface area contributed by atoms with E-state index in [0.717, 1.165) is 17.2 Å². The first-order valence-electron chi connectivity index (χ1n) is 5.73. The van der Waals surface area contributed by atoms with Crippen LogP contribution in [0.15, 0.2) is 77.7 Å². The highest BCUT2D eigenvalue weighted by Gasteiger charge is 2.13. The van der Waals surface area contributed by atoms with Gasteiger partial charge in [0.15, 0.2) is 12.2 Å². The molecular formula is C15H12N2O. The molecule has 3 rings (SSSR count). The van der Waals surface area contributed by atoms with Crippen molar-refractivity contribution < 1.29 is 4.42 Å². The van der Waals surface area contributed by atoms with Crippen LogP contribution in [-0.4, -0.2) is 4.98 Å². The molecule has 0 atom stereocenters. The molecule has 0 unspecified atom stereocenters. The van der Waals surface area contributed by atoms with Crippen LogP contribution in [0, 0.1) is 0 Å². The largest absolute Gasteiger partial charge is 0.449 e. The molecule has 0 amide bonds. The molecule has 0 radical (unpaired) electrons. The lowest BCUT2D eigenvalue weighted by molar-refractivity contribution is 0.558. The maximum absolute atomic E-state index is 5.09. The summed E-state index contributed by atoms with van der Waals surface area (Å²) in [4.78, 5) is 6.27. The molecular weight excluding hydrogens is 224 g/mol. The zero-order valence-corrected chi connectivity index (χ0v) is 9.73. The van der Waals surface area contributed by atoms with Crippen LogP contribution in [0.4, 0.5) is 17.2 Å². The SMILES string of the molecule is c1ccc(N(c2ccccc2)c2cocn2)cc1. The average molecular weight is 236 g/mol. The minimum atomic E-state index is 0.771. The van der Waals surface area contributed by atoms with Crippen LogP contribution in [-0.2, 0) is 0 Å². The molecule has 3 heteroatoms. The zero-order chi connectivity index (χ0) is 12.2. The van der Waals surface area contributed by atoms with Crippen molar-refractivity contribution in [2.45, 2.75) is 0 Å². The summed E-state index contributed by atoms with van der Waals surface area (Å²) in [6.45, 7) is 0. The lowest BCUT2D eigenvalue weighted by Crippen LogP contribution is -2.09. The molecule has 3 nitrogen and oxygen atoms in total. The van der Waals surface area contributed by atoms with Crippen LogP contribution >= 0.6 is 0 Å². The molecule has 0 aliphatic rings. The first-order chi connectivity index (χ1) is 8.95. The van der Waals surface area contributed by atoms with Gasteiger partial charge < -0.3 is 4.42 Å². The molecule has 3 aromatic rings. The maximum Gasteiger partial charge on any atom is 0.182 e. The van der Waals surface area contributed by atoms with Crippen molar-refractivity contribution in [3.63, 3.8) is 0 Å². The summed E-state index contributed by atoms with van der Waals surface area (Å²) in [5.74, 6) is 0.771. The van der Waals surface area contributed by atoms with Crippen LogP contribution < -0.4 is 4.90 Å². The molecule has 0 fully saturated rings. The zero-order valence-electron chi connectivity index (χ0n) is 9.73. The highest BCUT2D eigenvalue weighted by molar-refractivity contribution is 5.73. The number of benzene rings is 2. The number of hydrogen-bond acceptors (Lipinski definition) is 3. The van der Waals surface area contributed by atoms with Gasteiger partial charge in [-0.15, -0.1) is 0 Å². The Hall–Kier alpha value is -2.55. The van der Waals surface area contributed by atoms with E-state index in [-0.39, 0.29) is 0 Å². The number of hydrogen-bond donors (Lipinski definition) is 0. The van der Waals surface area contributed by atoms with E-state index in [1.54, 1.807) is 6.26 Å². The van der Waals surface area contributed by atoms with Gasteiger partial charge in [-0.05, 0) is 24.3 Å². The van der Waals surface area contributed by atoms with Crippen molar-refractivity contribution in [2.75, 3.05) is 4.90 Å². The fraction of sp³-hybridized carbons (Fsp3) is 0. The highest BCUT2D eigenvalue weighted by atomic mass is 16.3. The van der Waals surface area contributed by atoms with E-state index in [0.29, 0.717) is 0 Å². The molecule has 2 aromatic carbocycles. The van der Waals surface area contributed by atoms with Crippen molar-refractivity contribution in [2.24, 2.45) is 0 Å². The topological polar surface area (TPSA) is 29.3 Å². The van der Waals surface area contributed by atoms with E-state index in [9.17, 15) is 0 Å². The second kappa shape index (κ2) is 4.75. The van der Waals surface area contributed by atoms with Gasteiger partial charge in [0.05, 0.1) is 0 Å². The van der Waals surface area contributed by atoms with Gasteiger partial charge in [-0.2, -0.15) is 4.98 Å². The van der Waals surface area contributed by atoms with Crippen LogP contribution in [0.1, 0.15) is 0 Å². The van der Waals surface area contributed by atoms with Gasteiger partial charge in [0, 0.05) is 11.4 Å². The molecule has 0 N–H and O–H groups in total. The minimum Gasteiger partial charge on any atom is -0.449 e. The smallest absolute Gasteiger partial charge is 0.182 e. The first kappa shape index (κ1) is 10.6. The van der Waals surface area contributed by atoms with E-state index in [1.165, 1.54) is 6.39 Å². The summed E-state index contributed by atoms with van der Waals surface area (Å²) in [5.41, 5.74) is 2.11. The van der Waals surface area contributed by atoms with Gasteiger partial charge in [0.25, 0.3) is 0 Å². The number of para-hydroxylation sites is 2. The Balaban J connectivity index is 2.11. The number of anilines is 3. The summed E-state index contributed by atoms with van der Waals surface area (Å²) in [5, 5.41) is 0. The van der Waals surface area contributed by atoms with E-state index in [1.807, 2.05) is 65.6 Å². The lowest BCUT2D eigenvalue weighted by atomic mass is 10.2. The Morgan fingerprint density at radius 1 is 0.778 bits per heavy atom. The molecule has 0 saturated heterocycles. The third kappa shape index (κ3) is 1.98. The Morgan fingerprint density at radius 2 is 1.33 bits per heavy atom. The summed E-state index contributed by atoms with van der Waals surface area (Å²) < 4.78 is 5.09. The quantitative estimate of drug-likeness (QED) is 0.684. The average Bonchev–Trinajstić information content (AvgIpc) is 2.95. The van der Waals surface area contributed by atoms with Crippen LogP contribution in [0.25, 0.3) is 0 Å². The summed E-state index contributed by atoms with van der Waals surface area (Å²) in [7, 11) is 0. The molecule has 0 bridgehead atoms. The minimum absolute atomic E-state index is 0.771. The van der Waals surface area contributed by atoms with E-state index >= 15 is 0 Å². The third-order valence-corrected chi connectivity index (χ3v) is 2.68. The molecule has 88 valence electrons. The Kier molecular flexibility index (Phi) is 2.80. The summed E-state index contributed by atoms with van der Waals surface area (Å²) in [6, 6.07) is 20.2. The van der Waals surface area contributed by atoms with Crippen molar-refractivity contribution in [1.29, 1.82) is 0 Å². The molecule has 0 aliphatic heterocycles. The van der Waals surface area contributed by atoms with Gasteiger partial charge in [0.1, 0.15) is 6.26 Å². The number of oxazole rings is 1. The van der Waals surface area contributed by atoms with Gasteiger partial charge in [-0.25, -0.2) is 0 Å². The van der Waals surface area contributed by atoms with Gasteiger partial charge in [-0.3, -0.25) is 4.90 Å². The maximum atomic E-state index is 5.09. The van der Waals surface area contributed by atoms with Crippen molar-refractivity contribution in [1.82, 2.24) is 4.98 Å². The van der Waals surface area contributed by atoms with Crippen molar-refractivity contribution in [3.8, 4) is 0 Å². The normalized spacial score (nSPS) is 10.2. The molecule has 1 heterocycles. The van der Waals surface area contributed by atoms with E-state index in [4.69, 9.17) is 4.42 Å². The number of rotatable bonds is 3. The van der Waals surface area contributed by atoms with Crippen LogP contribution in [0.3, 0.4) is 0 Å². The van der Waals surface area contributed by atoms with E-state index < -0.39 is 0 Å². The summed E-state index contributed by atoms with van der Waals surface area (Å²) >= 11 is 0. The Morgan fingerprint density at radius 3 is 1.78 bits per heavy atom. The van der Waals surface area contributed by atoms with Crippen molar-refractivity contribution >= 4 is 17.2 Å². The van der Waals surface area contributed by atoms with Gasteiger partial charge in [0.2, 0.25) is 0 Å². The second-order valence-electron chi connectivity index (χ2n) is 3.85. The predicted molar refractivity (Wildman–Crippen MR) is 71.2 cm³/mol. The fourth-order valence-corrected chi connectivity index (χ4v) is 1.88. The molecule has 18 heavy (non-hydrogen) atoms. The number of nitrogens with zero attached hydrogens (tertiary/aromatic N) is 2. The predicted octanol–water partition coefficient (Wildman–Crippen LogP) is 4.14. The fourth-order valence-electron chi connectivity index (χ4n) is 1.88. The van der Waals surface area contributed by atoms with E-state index in [2.05, 4.69) is 4.98 Å². The van der Waals surface area contributed by atoms with Crippen LogP contribution in [0.2, 0.25) is 0 Å². The molecule has 0 spiro atoms. The standard InChI is InChI=1S/C15H12N2O/c1-3-7-13(8-4-1)17(15-11-18-12-16-15)14-9-5-2-6-10-14/h1-12H. The Bertz CT molecular complexity index is 551. The van der Waals surface area contributed by atoms with Gasteiger partial charge >= 0.3 is 0 Å². The Labute approximate surface area is 105 Å². The number of aromatic nitrogens is 1. The lowest BCUT2D eigenvalue weighted by Gasteiger charge is -2.21. The first-order valence-corrected chi connectivity index (χ1v) is 5.73. The van der Waals surface area contributed by atoms with Crippen LogP contribution in [0.5, 0.6) is 0 Å². The second-order valence-corrected chi connectivity index (χ2v) is 3.85. The molecule has 0 aliphatic carbocycles. The third-order valence-electron chi connectivity index (χ3n) is 2.68.